The van der Waals surface area contributed by atoms with E-state index >= 15 is 0 Å². The van der Waals surface area contributed by atoms with Crippen molar-refractivity contribution in [2.45, 2.75) is 19.9 Å². The van der Waals surface area contributed by atoms with Crippen LogP contribution in [0.3, 0.4) is 0 Å². The highest BCUT2D eigenvalue weighted by Crippen LogP contribution is 2.13. The largest absolute Gasteiger partial charge is 0.481 e. The van der Waals surface area contributed by atoms with Crippen molar-refractivity contribution in [1.82, 2.24) is 4.90 Å². The van der Waals surface area contributed by atoms with Gasteiger partial charge in [0.15, 0.2) is 0 Å². The monoisotopic (exact) mass is 219 g/mol. The first-order valence-electron chi connectivity index (χ1n) is 4.84. The Balaban J connectivity index is 2.48. The third-order valence-corrected chi connectivity index (χ3v) is 4.18. The van der Waals surface area contributed by atoms with E-state index in [-0.39, 0.29) is 12.0 Å². The van der Waals surface area contributed by atoms with Crippen LogP contribution in [0, 0.1) is 5.92 Å². The van der Waals surface area contributed by atoms with Crippen molar-refractivity contribution in [3.63, 3.8) is 0 Å². The zero-order valence-electron chi connectivity index (χ0n) is 8.60. The molecule has 0 aromatic heterocycles. The van der Waals surface area contributed by atoms with Crippen LogP contribution in [0.1, 0.15) is 13.8 Å². The molecule has 2 atom stereocenters. The van der Waals surface area contributed by atoms with Gasteiger partial charge in [-0.15, -0.1) is 0 Å². The van der Waals surface area contributed by atoms with Gasteiger partial charge in [0, 0.05) is 41.4 Å². The number of carboxylic acid groups (broad SMARTS) is 1. The molecule has 0 amide bonds. The molecule has 1 aliphatic rings. The molecule has 1 N–H and O–H groups in total. The van der Waals surface area contributed by atoms with Crippen molar-refractivity contribution >= 4 is 16.8 Å². The van der Waals surface area contributed by atoms with E-state index in [1.165, 1.54) is 0 Å². The molecule has 0 saturated carbocycles. The van der Waals surface area contributed by atoms with Gasteiger partial charge in [0.2, 0.25) is 0 Å². The van der Waals surface area contributed by atoms with Crippen molar-refractivity contribution in [2.75, 3.05) is 24.6 Å². The Labute approximate surface area is 86.7 Å². The molecule has 0 aromatic rings. The molecule has 0 aromatic carbocycles. The SMILES string of the molecule is CC(C(=O)O)C(C)N1CCS(=O)CC1. The molecule has 1 aliphatic heterocycles. The highest BCUT2D eigenvalue weighted by atomic mass is 32.2. The Bertz CT molecular complexity index is 234. The Morgan fingerprint density at radius 3 is 2.29 bits per heavy atom. The van der Waals surface area contributed by atoms with Crippen molar-refractivity contribution in [3.05, 3.63) is 0 Å². The van der Waals surface area contributed by atoms with E-state index in [0.29, 0.717) is 11.5 Å². The average molecular weight is 219 g/mol. The smallest absolute Gasteiger partial charge is 0.307 e. The summed E-state index contributed by atoms with van der Waals surface area (Å²) in [6.07, 6.45) is 0. The number of hydrogen-bond acceptors (Lipinski definition) is 3. The van der Waals surface area contributed by atoms with E-state index in [4.69, 9.17) is 5.11 Å². The van der Waals surface area contributed by atoms with Crippen molar-refractivity contribution in [3.8, 4) is 0 Å². The minimum Gasteiger partial charge on any atom is -0.481 e. The van der Waals surface area contributed by atoms with Crippen LogP contribution in [0.15, 0.2) is 0 Å². The fraction of sp³-hybridized carbons (Fsp3) is 0.889. The van der Waals surface area contributed by atoms with E-state index in [1.54, 1.807) is 6.92 Å². The molecule has 0 spiro atoms. The molecule has 4 nitrogen and oxygen atoms in total. The summed E-state index contributed by atoms with van der Waals surface area (Å²) >= 11 is 0. The topological polar surface area (TPSA) is 57.6 Å². The van der Waals surface area contributed by atoms with Gasteiger partial charge in [0.1, 0.15) is 0 Å². The van der Waals surface area contributed by atoms with Gasteiger partial charge in [-0.2, -0.15) is 0 Å². The molecule has 1 heterocycles. The Kier molecular flexibility index (Phi) is 4.07. The van der Waals surface area contributed by atoms with Crippen molar-refractivity contribution in [1.29, 1.82) is 0 Å². The van der Waals surface area contributed by atoms with E-state index < -0.39 is 16.8 Å². The number of rotatable bonds is 3. The summed E-state index contributed by atoms with van der Waals surface area (Å²) < 4.78 is 11.1. The zero-order valence-corrected chi connectivity index (χ0v) is 9.42. The molecular weight excluding hydrogens is 202 g/mol. The van der Waals surface area contributed by atoms with Gasteiger partial charge in [-0.25, -0.2) is 0 Å². The molecule has 5 heteroatoms. The van der Waals surface area contributed by atoms with Gasteiger partial charge in [-0.05, 0) is 6.92 Å². The lowest BCUT2D eigenvalue weighted by molar-refractivity contribution is -0.143. The zero-order chi connectivity index (χ0) is 10.7. The van der Waals surface area contributed by atoms with Crippen LogP contribution in [-0.4, -0.2) is 50.8 Å². The normalized spacial score (nSPS) is 24.4. The third-order valence-electron chi connectivity index (χ3n) is 2.90. The second kappa shape index (κ2) is 4.89. The predicted octanol–water partition coefficient (Wildman–Crippen LogP) is 0.160. The molecule has 1 rings (SSSR count). The lowest BCUT2D eigenvalue weighted by atomic mass is 10.0. The molecule has 14 heavy (non-hydrogen) atoms. The number of carboxylic acids is 1. The van der Waals surface area contributed by atoms with E-state index in [1.807, 2.05) is 6.92 Å². The quantitative estimate of drug-likeness (QED) is 0.734. The first-order valence-corrected chi connectivity index (χ1v) is 6.33. The van der Waals surface area contributed by atoms with Crippen LogP contribution in [-0.2, 0) is 15.6 Å². The Morgan fingerprint density at radius 1 is 1.36 bits per heavy atom. The van der Waals surface area contributed by atoms with Gasteiger partial charge < -0.3 is 5.11 Å². The predicted molar refractivity (Wildman–Crippen MR) is 55.7 cm³/mol. The first kappa shape index (κ1) is 11.7. The maximum atomic E-state index is 11.1. The molecule has 0 bridgehead atoms. The maximum Gasteiger partial charge on any atom is 0.307 e. The van der Waals surface area contributed by atoms with E-state index in [2.05, 4.69) is 4.90 Å². The summed E-state index contributed by atoms with van der Waals surface area (Å²) in [4.78, 5) is 12.9. The van der Waals surface area contributed by atoms with Crippen LogP contribution < -0.4 is 0 Å². The van der Waals surface area contributed by atoms with Gasteiger partial charge >= 0.3 is 5.97 Å². The second-order valence-electron chi connectivity index (χ2n) is 3.75. The summed E-state index contributed by atoms with van der Waals surface area (Å²) in [6, 6.07) is 0.0322. The minimum absolute atomic E-state index is 0.0322. The van der Waals surface area contributed by atoms with E-state index in [0.717, 1.165) is 13.1 Å². The highest BCUT2D eigenvalue weighted by Gasteiger charge is 2.27. The van der Waals surface area contributed by atoms with E-state index in [9.17, 15) is 9.00 Å². The summed E-state index contributed by atoms with van der Waals surface area (Å²) in [5.41, 5.74) is 0. The van der Waals surface area contributed by atoms with Crippen LogP contribution in [0.2, 0.25) is 0 Å². The fourth-order valence-corrected chi connectivity index (χ4v) is 2.66. The highest BCUT2D eigenvalue weighted by molar-refractivity contribution is 7.85. The van der Waals surface area contributed by atoms with Gasteiger partial charge in [-0.1, -0.05) is 6.92 Å². The number of carbonyl (C=O) groups is 1. The number of hydrogen-bond donors (Lipinski definition) is 1. The molecule has 82 valence electrons. The lowest BCUT2D eigenvalue weighted by Crippen LogP contribution is -2.47. The standard InChI is InChI=1S/C9H17NO3S/c1-7(9(11)12)8(2)10-3-5-14(13)6-4-10/h7-8H,3-6H2,1-2H3,(H,11,12). The molecule has 2 unspecified atom stereocenters. The molecule has 0 aliphatic carbocycles. The third kappa shape index (κ3) is 2.78. The summed E-state index contributed by atoms with van der Waals surface area (Å²) in [7, 11) is -0.690. The van der Waals surface area contributed by atoms with Gasteiger partial charge in [0.25, 0.3) is 0 Å². The van der Waals surface area contributed by atoms with Gasteiger partial charge in [0.05, 0.1) is 5.92 Å². The minimum atomic E-state index is -0.760. The summed E-state index contributed by atoms with van der Waals surface area (Å²) in [5.74, 6) is 0.235. The van der Waals surface area contributed by atoms with Crippen LogP contribution in [0.4, 0.5) is 0 Å². The van der Waals surface area contributed by atoms with Crippen molar-refractivity contribution < 1.29 is 14.1 Å². The average Bonchev–Trinajstić information content (AvgIpc) is 2.16. The first-order chi connectivity index (χ1) is 6.52. The summed E-state index contributed by atoms with van der Waals surface area (Å²) in [6.45, 7) is 5.16. The van der Waals surface area contributed by atoms with Gasteiger partial charge in [-0.3, -0.25) is 13.9 Å². The number of nitrogens with zero attached hydrogens (tertiary/aromatic N) is 1. The fourth-order valence-electron chi connectivity index (χ4n) is 1.58. The maximum absolute atomic E-state index is 11.1. The van der Waals surface area contributed by atoms with Crippen molar-refractivity contribution in [2.24, 2.45) is 5.92 Å². The summed E-state index contributed by atoms with van der Waals surface area (Å²) in [5, 5.41) is 8.85. The van der Waals surface area contributed by atoms with Crippen LogP contribution in [0.5, 0.6) is 0 Å². The molecule has 1 saturated heterocycles. The van der Waals surface area contributed by atoms with Crippen LogP contribution in [0.25, 0.3) is 0 Å². The lowest BCUT2D eigenvalue weighted by Gasteiger charge is -2.33. The molecule has 1 fully saturated rings. The Hall–Kier alpha value is -0.420. The second-order valence-corrected chi connectivity index (χ2v) is 5.45. The number of aliphatic carboxylic acids is 1. The molecular formula is C9H17NO3S. The Morgan fingerprint density at radius 2 is 1.86 bits per heavy atom. The van der Waals surface area contributed by atoms with Crippen LogP contribution >= 0.6 is 0 Å². The molecule has 0 radical (unpaired) electrons.